The lowest BCUT2D eigenvalue weighted by Gasteiger charge is -1.94. The van der Waals surface area contributed by atoms with Crippen LogP contribution in [0.2, 0.25) is 0 Å². The summed E-state index contributed by atoms with van der Waals surface area (Å²) in [4.78, 5) is 0. The first-order valence-corrected chi connectivity index (χ1v) is 7.92. The van der Waals surface area contributed by atoms with Crippen molar-refractivity contribution in [3.05, 3.63) is 76.9 Å². The van der Waals surface area contributed by atoms with E-state index in [2.05, 4.69) is 42.8 Å². The van der Waals surface area contributed by atoms with Gasteiger partial charge in [-0.2, -0.15) is 0 Å². The van der Waals surface area contributed by atoms with Crippen molar-refractivity contribution in [1.29, 1.82) is 0 Å². The van der Waals surface area contributed by atoms with E-state index in [4.69, 9.17) is 0 Å². The van der Waals surface area contributed by atoms with Gasteiger partial charge in [0.1, 0.15) is 0 Å². The Balaban J connectivity index is 1.97. The summed E-state index contributed by atoms with van der Waals surface area (Å²) >= 11 is 0. The molecule has 0 bridgehead atoms. The van der Waals surface area contributed by atoms with Gasteiger partial charge in [0.05, 0.1) is 0 Å². The Bertz CT molecular complexity index is 822. The van der Waals surface area contributed by atoms with Crippen molar-refractivity contribution < 1.29 is 8.78 Å². The van der Waals surface area contributed by atoms with Crippen LogP contribution in [0.5, 0.6) is 0 Å². The van der Waals surface area contributed by atoms with Gasteiger partial charge in [-0.3, -0.25) is 0 Å². The smallest absolute Gasteiger partial charge is 0.160 e. The average molecular weight is 320 g/mol. The van der Waals surface area contributed by atoms with E-state index in [0.29, 0.717) is 5.56 Å². The summed E-state index contributed by atoms with van der Waals surface area (Å²) in [7, 11) is 0. The first kappa shape index (κ1) is 17.5. The zero-order chi connectivity index (χ0) is 17.2. The third-order valence-corrected chi connectivity index (χ3v) is 3.34. The van der Waals surface area contributed by atoms with Crippen LogP contribution in [0.4, 0.5) is 8.78 Å². The van der Waals surface area contributed by atoms with Gasteiger partial charge in [0.25, 0.3) is 0 Å². The monoisotopic (exact) mass is 320 g/mol. The molecule has 0 aliphatic rings. The van der Waals surface area contributed by atoms with E-state index in [1.54, 1.807) is 0 Å². The number of hydrogen-bond donors (Lipinski definition) is 0. The molecule has 0 heterocycles. The van der Waals surface area contributed by atoms with Crippen LogP contribution in [-0.4, -0.2) is 0 Å². The molecule has 2 aromatic carbocycles. The van der Waals surface area contributed by atoms with Crippen LogP contribution in [0.15, 0.2) is 48.5 Å². The van der Waals surface area contributed by atoms with Crippen LogP contribution < -0.4 is 0 Å². The Labute approximate surface area is 142 Å². The molecule has 0 unspecified atom stereocenters. The highest BCUT2D eigenvalue weighted by atomic mass is 19.2. The van der Waals surface area contributed by atoms with Crippen molar-refractivity contribution in [2.75, 3.05) is 0 Å². The van der Waals surface area contributed by atoms with Gasteiger partial charge in [0, 0.05) is 11.1 Å². The number of benzene rings is 2. The maximum atomic E-state index is 13.0. The van der Waals surface area contributed by atoms with Crippen molar-refractivity contribution in [1.82, 2.24) is 0 Å². The van der Waals surface area contributed by atoms with E-state index in [0.717, 1.165) is 29.7 Å². The van der Waals surface area contributed by atoms with Gasteiger partial charge in [-0.15, -0.1) is 0 Å². The lowest BCUT2D eigenvalue weighted by molar-refractivity contribution is 0.508. The van der Waals surface area contributed by atoms with Crippen LogP contribution in [0.1, 0.15) is 42.9 Å². The second-order valence-corrected chi connectivity index (χ2v) is 5.30. The fourth-order valence-corrected chi connectivity index (χ4v) is 2.00. The van der Waals surface area contributed by atoms with Crippen molar-refractivity contribution in [2.45, 2.75) is 26.2 Å². The first-order chi connectivity index (χ1) is 11.7. The Morgan fingerprint density at radius 2 is 1.54 bits per heavy atom. The maximum absolute atomic E-state index is 13.0. The maximum Gasteiger partial charge on any atom is 0.160 e. The van der Waals surface area contributed by atoms with Gasteiger partial charge in [0.2, 0.25) is 0 Å². The highest BCUT2D eigenvalue weighted by Gasteiger charge is 1.99. The quantitative estimate of drug-likeness (QED) is 0.510. The molecule has 0 saturated carbocycles. The highest BCUT2D eigenvalue weighted by molar-refractivity contribution is 5.52. The van der Waals surface area contributed by atoms with Crippen molar-refractivity contribution in [3.63, 3.8) is 0 Å². The molecular formula is C22H18F2. The minimum Gasteiger partial charge on any atom is -0.204 e. The molecule has 0 amide bonds. The van der Waals surface area contributed by atoms with Crippen LogP contribution in [0.3, 0.4) is 0 Å². The molecule has 24 heavy (non-hydrogen) atoms. The number of hydrogen-bond acceptors (Lipinski definition) is 0. The van der Waals surface area contributed by atoms with E-state index >= 15 is 0 Å². The third kappa shape index (κ3) is 5.75. The van der Waals surface area contributed by atoms with E-state index in [1.807, 2.05) is 24.3 Å². The molecular weight excluding hydrogens is 302 g/mol. The van der Waals surface area contributed by atoms with Gasteiger partial charge in [-0.1, -0.05) is 55.9 Å². The predicted octanol–water partition coefficient (Wildman–Crippen LogP) is 5.57. The molecule has 0 aromatic heterocycles. The Morgan fingerprint density at radius 1 is 0.875 bits per heavy atom. The molecule has 0 aliphatic carbocycles. The molecule has 2 aromatic rings. The summed E-state index contributed by atoms with van der Waals surface area (Å²) in [6.07, 6.45) is 7.78. The van der Waals surface area contributed by atoms with E-state index in [1.165, 1.54) is 18.9 Å². The number of halogens is 2. The second-order valence-electron chi connectivity index (χ2n) is 5.30. The number of unbranched alkanes of at least 4 members (excludes halogenated alkanes) is 2. The summed E-state index contributed by atoms with van der Waals surface area (Å²) in [6, 6.07) is 11.4. The molecule has 2 heteroatoms. The Kier molecular flexibility index (Phi) is 6.81. The van der Waals surface area contributed by atoms with E-state index in [9.17, 15) is 8.78 Å². The first-order valence-electron chi connectivity index (χ1n) is 7.92. The van der Waals surface area contributed by atoms with Crippen LogP contribution in [-0.2, 0) is 0 Å². The summed E-state index contributed by atoms with van der Waals surface area (Å²) in [5.41, 5.74) is 2.40. The summed E-state index contributed by atoms with van der Waals surface area (Å²) in [6.45, 7) is 2.18. The van der Waals surface area contributed by atoms with Gasteiger partial charge in [-0.25, -0.2) is 8.78 Å². The fraction of sp³-hybridized carbons (Fsp3) is 0.182. The van der Waals surface area contributed by atoms with Crippen molar-refractivity contribution in [2.24, 2.45) is 0 Å². The minimum atomic E-state index is -0.905. The van der Waals surface area contributed by atoms with Crippen LogP contribution >= 0.6 is 0 Å². The Hall–Kier alpha value is -2.84. The van der Waals surface area contributed by atoms with Gasteiger partial charge in [-0.05, 0) is 54.2 Å². The fourth-order valence-electron chi connectivity index (χ4n) is 2.00. The molecule has 0 atom stereocenters. The predicted molar refractivity (Wildman–Crippen MR) is 95.1 cm³/mol. The lowest BCUT2D eigenvalue weighted by Crippen LogP contribution is -1.84. The van der Waals surface area contributed by atoms with Crippen LogP contribution in [0.25, 0.3) is 6.08 Å². The van der Waals surface area contributed by atoms with Gasteiger partial charge in [0.15, 0.2) is 11.6 Å². The molecule has 0 saturated heterocycles. The normalized spacial score (nSPS) is 9.96. The molecule has 2 rings (SSSR count). The number of allylic oxidation sites excluding steroid dienone is 1. The molecule has 0 nitrogen and oxygen atoms in total. The summed E-state index contributed by atoms with van der Waals surface area (Å²) in [5.74, 6) is 9.20. The molecule has 0 spiro atoms. The van der Waals surface area contributed by atoms with E-state index < -0.39 is 11.6 Å². The average Bonchev–Trinajstić information content (AvgIpc) is 2.60. The molecule has 0 radical (unpaired) electrons. The lowest BCUT2D eigenvalue weighted by atomic mass is 10.1. The second kappa shape index (κ2) is 9.33. The Morgan fingerprint density at radius 3 is 2.21 bits per heavy atom. The molecule has 0 fully saturated rings. The SMILES string of the molecule is CCCC/C=C/c1ccc(C#CC#Cc2ccc(F)c(F)c2)cc1. The molecule has 120 valence electrons. The van der Waals surface area contributed by atoms with Crippen LogP contribution in [0, 0.1) is 35.3 Å². The van der Waals surface area contributed by atoms with Gasteiger partial charge < -0.3 is 0 Å². The zero-order valence-corrected chi connectivity index (χ0v) is 13.6. The number of rotatable bonds is 4. The standard InChI is InChI=1S/C22H18F2/c1-2-3-4-5-8-18-11-13-19(14-12-18)9-6-7-10-20-15-16-21(23)22(24)17-20/h5,8,11-17H,2-4H2,1H3/b8-5+. The van der Waals surface area contributed by atoms with Crippen molar-refractivity contribution in [3.8, 4) is 23.7 Å². The minimum absolute atomic E-state index is 0.399. The van der Waals surface area contributed by atoms with Gasteiger partial charge >= 0.3 is 0 Å². The third-order valence-electron chi connectivity index (χ3n) is 3.34. The molecule has 0 N–H and O–H groups in total. The largest absolute Gasteiger partial charge is 0.204 e. The van der Waals surface area contributed by atoms with E-state index in [-0.39, 0.29) is 0 Å². The summed E-state index contributed by atoms with van der Waals surface area (Å²) in [5, 5.41) is 0. The van der Waals surface area contributed by atoms with Crippen molar-refractivity contribution >= 4 is 6.08 Å². The topological polar surface area (TPSA) is 0 Å². The highest BCUT2D eigenvalue weighted by Crippen LogP contribution is 2.08. The summed E-state index contributed by atoms with van der Waals surface area (Å²) < 4.78 is 25.8. The zero-order valence-electron chi connectivity index (χ0n) is 13.6. The molecule has 0 aliphatic heterocycles.